The molecule has 3 unspecified atom stereocenters. The van der Waals surface area contributed by atoms with Crippen molar-refractivity contribution in [1.29, 1.82) is 0 Å². The Morgan fingerprint density at radius 2 is 2.20 bits per heavy atom. The van der Waals surface area contributed by atoms with Crippen LogP contribution >= 0.6 is 15.9 Å². The number of hydroxylamine groups is 1. The van der Waals surface area contributed by atoms with E-state index in [1.165, 1.54) is 7.05 Å². The molecule has 0 aromatic rings. The molecule has 2 aliphatic carbocycles. The van der Waals surface area contributed by atoms with Gasteiger partial charge >= 0.3 is 0 Å². The Morgan fingerprint density at radius 3 is 2.53 bits per heavy atom. The van der Waals surface area contributed by atoms with Gasteiger partial charge < -0.3 is 5.21 Å². The number of hydrogen-bond acceptors (Lipinski definition) is 2. The van der Waals surface area contributed by atoms with Gasteiger partial charge in [-0.15, -0.1) is 0 Å². The summed E-state index contributed by atoms with van der Waals surface area (Å²) < 4.78 is 0.776. The number of hydrogen-bond donors (Lipinski definition) is 0. The summed E-state index contributed by atoms with van der Waals surface area (Å²) in [4.78, 5) is 12.2. The van der Waals surface area contributed by atoms with Crippen molar-refractivity contribution >= 4 is 27.4 Å². The molecule has 2 rings (SSSR count). The van der Waals surface area contributed by atoms with Gasteiger partial charge in [-0.05, 0) is 12.8 Å². The molecule has 0 amide bonds. The van der Waals surface area contributed by atoms with Gasteiger partial charge in [0, 0.05) is 16.2 Å². The number of rotatable bonds is 1. The topological polar surface area (TPSA) is 43.1 Å². The fourth-order valence-electron chi connectivity index (χ4n) is 3.28. The monoisotopic (exact) mass is 273 g/mol. The second-order valence-corrected chi connectivity index (χ2v) is 5.75. The van der Waals surface area contributed by atoms with E-state index in [1.807, 2.05) is 6.92 Å². The van der Waals surface area contributed by atoms with Crippen LogP contribution in [0.4, 0.5) is 0 Å². The summed E-state index contributed by atoms with van der Waals surface area (Å²) in [6.45, 7) is 4.13. The highest BCUT2D eigenvalue weighted by Gasteiger charge is 2.69. The van der Waals surface area contributed by atoms with Crippen molar-refractivity contribution < 1.29 is 9.53 Å². The predicted octanol–water partition coefficient (Wildman–Crippen LogP) is 1.97. The van der Waals surface area contributed by atoms with Crippen molar-refractivity contribution in [3.8, 4) is 0 Å². The average molecular weight is 274 g/mol. The fraction of sp³-hybridized carbons (Fsp3) is 0.818. The molecule has 4 heteroatoms. The summed E-state index contributed by atoms with van der Waals surface area (Å²) in [5, 5.41) is 12.2. The molecule has 0 heterocycles. The maximum Gasteiger partial charge on any atom is 0.234 e. The Bertz CT molecular complexity index is 362. The minimum atomic E-state index is -0.338. The molecule has 0 radical (unpaired) electrons. The van der Waals surface area contributed by atoms with Gasteiger partial charge in [0.05, 0.1) is 5.92 Å². The number of carbonyl (C=O) groups is 1. The van der Waals surface area contributed by atoms with Crippen molar-refractivity contribution in [2.75, 3.05) is 12.4 Å². The van der Waals surface area contributed by atoms with E-state index in [-0.39, 0.29) is 22.5 Å². The maximum absolute atomic E-state index is 12.2. The molecule has 0 spiro atoms. The van der Waals surface area contributed by atoms with Crippen LogP contribution < -0.4 is 0 Å². The van der Waals surface area contributed by atoms with E-state index in [4.69, 9.17) is 0 Å². The van der Waals surface area contributed by atoms with Gasteiger partial charge in [0.2, 0.25) is 11.5 Å². The highest BCUT2D eigenvalue weighted by molar-refractivity contribution is 9.09. The van der Waals surface area contributed by atoms with Crippen LogP contribution in [0.1, 0.15) is 26.7 Å². The number of fused-ring (bicyclic) bond motifs is 2. The number of carbonyl (C=O) groups excluding carboxylic acids is 1. The standard InChI is InChI=1S/C11H16BrNO2/c1-10-5-4-7(11(10,2)6-12)8(9(10)14)13(3)15/h7H,4-6H2,1-3H3/b13-8-. The Hall–Kier alpha value is -0.380. The molecule has 3 atom stereocenters. The van der Waals surface area contributed by atoms with Crippen LogP contribution in [0.15, 0.2) is 0 Å². The van der Waals surface area contributed by atoms with Crippen LogP contribution in [0.5, 0.6) is 0 Å². The zero-order valence-corrected chi connectivity index (χ0v) is 10.9. The first kappa shape index (κ1) is 11.1. The second-order valence-electron chi connectivity index (χ2n) is 5.19. The summed E-state index contributed by atoms with van der Waals surface area (Å²) in [6.07, 6.45) is 1.88. The first-order chi connectivity index (χ1) is 6.88. The Labute approximate surface area is 98.3 Å². The SMILES string of the molecule is C/[N+]([O-])=C1/C(=O)C2(C)CCC1C2(C)CBr. The van der Waals surface area contributed by atoms with E-state index in [0.717, 1.165) is 22.9 Å². The van der Waals surface area contributed by atoms with Crippen molar-refractivity contribution in [1.82, 2.24) is 0 Å². The molecule has 0 N–H and O–H groups in total. The number of alkyl halides is 1. The average Bonchev–Trinajstić information content (AvgIpc) is 2.51. The maximum atomic E-state index is 12.2. The lowest BCUT2D eigenvalue weighted by Gasteiger charge is -2.33. The van der Waals surface area contributed by atoms with E-state index < -0.39 is 0 Å². The molecule has 3 nitrogen and oxygen atoms in total. The lowest BCUT2D eigenvalue weighted by molar-refractivity contribution is -0.424. The van der Waals surface area contributed by atoms with Crippen molar-refractivity contribution in [3.63, 3.8) is 0 Å². The number of ketones is 1. The number of Topliss-reactive ketones (excluding diaryl/α,β-unsaturated/α-hetero) is 1. The van der Waals surface area contributed by atoms with Gasteiger partial charge in [-0.3, -0.25) is 4.79 Å². The smallest absolute Gasteiger partial charge is 0.234 e. The Balaban J connectivity index is 2.60. The molecule has 2 saturated carbocycles. The molecule has 0 saturated heterocycles. The molecule has 2 bridgehead atoms. The molecule has 0 aromatic heterocycles. The molecule has 2 fully saturated rings. The first-order valence-corrected chi connectivity index (χ1v) is 6.39. The van der Waals surface area contributed by atoms with Gasteiger partial charge in [0.1, 0.15) is 7.05 Å². The van der Waals surface area contributed by atoms with E-state index in [1.54, 1.807) is 0 Å². The van der Waals surface area contributed by atoms with Crippen LogP contribution in [0.3, 0.4) is 0 Å². The first-order valence-electron chi connectivity index (χ1n) is 5.27. The van der Waals surface area contributed by atoms with Crippen LogP contribution in [0, 0.1) is 22.0 Å². The third kappa shape index (κ3) is 1.06. The van der Waals surface area contributed by atoms with E-state index in [2.05, 4.69) is 22.9 Å². The summed E-state index contributed by atoms with van der Waals surface area (Å²) in [5.41, 5.74) is 0.0680. The second kappa shape index (κ2) is 3.06. The molecular formula is C11H16BrNO2. The Kier molecular flexibility index (Phi) is 2.27. The van der Waals surface area contributed by atoms with Crippen LogP contribution in [-0.2, 0) is 4.79 Å². The van der Waals surface area contributed by atoms with Crippen LogP contribution in [0.2, 0.25) is 0 Å². The predicted molar refractivity (Wildman–Crippen MR) is 62.3 cm³/mol. The summed E-state index contributed by atoms with van der Waals surface area (Å²) in [5.74, 6) is 0.204. The van der Waals surface area contributed by atoms with Gasteiger partial charge in [-0.1, -0.05) is 29.8 Å². The van der Waals surface area contributed by atoms with Crippen molar-refractivity contribution in [2.24, 2.45) is 16.7 Å². The highest BCUT2D eigenvalue weighted by atomic mass is 79.9. The summed E-state index contributed by atoms with van der Waals surface area (Å²) in [7, 11) is 1.44. The summed E-state index contributed by atoms with van der Waals surface area (Å²) >= 11 is 3.51. The number of halogens is 1. The van der Waals surface area contributed by atoms with E-state index >= 15 is 0 Å². The molecule has 2 aliphatic rings. The van der Waals surface area contributed by atoms with Gasteiger partial charge in [-0.25, -0.2) is 4.74 Å². The lowest BCUT2D eigenvalue weighted by atomic mass is 9.70. The van der Waals surface area contributed by atoms with Crippen LogP contribution in [0.25, 0.3) is 0 Å². The molecule has 84 valence electrons. The quantitative estimate of drug-likeness (QED) is 0.317. The van der Waals surface area contributed by atoms with Crippen molar-refractivity contribution in [2.45, 2.75) is 26.7 Å². The third-order valence-electron chi connectivity index (χ3n) is 4.64. The molecule has 15 heavy (non-hydrogen) atoms. The normalized spacial score (nSPS) is 47.5. The van der Waals surface area contributed by atoms with Gasteiger partial charge in [0.15, 0.2) is 0 Å². The molecule has 0 aromatic carbocycles. The van der Waals surface area contributed by atoms with E-state index in [9.17, 15) is 10.0 Å². The van der Waals surface area contributed by atoms with Crippen molar-refractivity contribution in [3.05, 3.63) is 5.21 Å². The Morgan fingerprint density at radius 1 is 1.60 bits per heavy atom. The third-order valence-corrected chi connectivity index (χ3v) is 5.81. The minimum Gasteiger partial charge on any atom is -0.624 e. The lowest BCUT2D eigenvalue weighted by Crippen LogP contribution is -2.37. The van der Waals surface area contributed by atoms with Gasteiger partial charge in [-0.2, -0.15) is 0 Å². The summed E-state index contributed by atoms with van der Waals surface area (Å²) in [6, 6.07) is 0. The zero-order chi connectivity index (χ0) is 11.4. The molecular weight excluding hydrogens is 258 g/mol. The number of nitrogens with zero attached hydrogens (tertiary/aromatic N) is 1. The van der Waals surface area contributed by atoms with Gasteiger partial charge in [0.25, 0.3) is 0 Å². The minimum absolute atomic E-state index is 0.0678. The zero-order valence-electron chi connectivity index (χ0n) is 9.34. The fourth-order valence-corrected chi connectivity index (χ4v) is 4.29. The largest absolute Gasteiger partial charge is 0.624 e. The highest BCUT2D eigenvalue weighted by Crippen LogP contribution is 2.63. The van der Waals surface area contributed by atoms with Crippen LogP contribution in [-0.4, -0.2) is 28.6 Å². The van der Waals surface area contributed by atoms with E-state index in [0.29, 0.717) is 5.71 Å². The molecule has 0 aliphatic heterocycles.